The Hall–Kier alpha value is -3.88. The van der Waals surface area contributed by atoms with Crippen molar-refractivity contribution in [1.82, 2.24) is 30.0 Å². The van der Waals surface area contributed by atoms with E-state index < -0.39 is 11.7 Å². The molecule has 0 spiro atoms. The lowest BCUT2D eigenvalue weighted by Gasteiger charge is -2.31. The molecule has 4 aromatic rings. The van der Waals surface area contributed by atoms with Gasteiger partial charge in [-0.05, 0) is 24.8 Å². The van der Waals surface area contributed by atoms with E-state index in [1.165, 1.54) is 0 Å². The monoisotopic (exact) mass is 416 g/mol. The maximum atomic E-state index is 12.9. The molecule has 9 heteroatoms. The van der Waals surface area contributed by atoms with Gasteiger partial charge >= 0.3 is 0 Å². The second-order valence-electron chi connectivity index (χ2n) is 7.64. The molecule has 1 fully saturated rings. The first kappa shape index (κ1) is 19.1. The first-order valence-corrected chi connectivity index (χ1v) is 10.2. The van der Waals surface area contributed by atoms with Crippen molar-refractivity contribution >= 4 is 22.6 Å². The summed E-state index contributed by atoms with van der Waals surface area (Å²) < 4.78 is 5.37. The number of aromatic amines is 1. The van der Waals surface area contributed by atoms with Crippen molar-refractivity contribution in [3.63, 3.8) is 0 Å². The SMILES string of the molecule is O=C(C(=O)N1CCCC(Cc2nc(-c3cnccn3)no2)C1)c1c[nH]c2ccccc12. The van der Waals surface area contributed by atoms with Crippen LogP contribution in [0.4, 0.5) is 0 Å². The molecule has 1 N–H and O–H groups in total. The molecule has 1 atom stereocenters. The Morgan fingerprint density at radius 2 is 2.13 bits per heavy atom. The topological polar surface area (TPSA) is 118 Å². The number of likely N-dealkylation sites (tertiary alicyclic amines) is 1. The molecule has 1 aliphatic heterocycles. The Bertz CT molecular complexity index is 1230. The van der Waals surface area contributed by atoms with Gasteiger partial charge in [0.25, 0.3) is 11.7 Å². The highest BCUT2D eigenvalue weighted by Crippen LogP contribution is 2.24. The molecule has 1 aromatic carbocycles. The Morgan fingerprint density at radius 3 is 3.00 bits per heavy atom. The average molecular weight is 416 g/mol. The standard InChI is InChI=1S/C22H20N6O3/c29-20(16-11-25-17-6-2-1-5-15(16)17)22(30)28-9-3-4-14(13-28)10-19-26-21(27-31-19)18-12-23-7-8-24-18/h1-2,5-8,11-12,14,25H,3-4,9-10,13H2. The van der Waals surface area contributed by atoms with Gasteiger partial charge in [-0.1, -0.05) is 23.4 Å². The van der Waals surface area contributed by atoms with Gasteiger partial charge in [0.1, 0.15) is 5.69 Å². The Morgan fingerprint density at radius 1 is 1.23 bits per heavy atom. The zero-order valence-electron chi connectivity index (χ0n) is 16.7. The number of aromatic nitrogens is 5. The van der Waals surface area contributed by atoms with E-state index in [0.29, 0.717) is 42.5 Å². The fraction of sp³-hybridized carbons (Fsp3) is 0.273. The fourth-order valence-electron chi connectivity index (χ4n) is 4.04. The van der Waals surface area contributed by atoms with Gasteiger partial charge < -0.3 is 14.4 Å². The maximum Gasteiger partial charge on any atom is 0.295 e. The van der Waals surface area contributed by atoms with E-state index >= 15 is 0 Å². The van der Waals surface area contributed by atoms with Crippen LogP contribution in [0.3, 0.4) is 0 Å². The molecule has 0 bridgehead atoms. The number of para-hydroxylation sites is 1. The zero-order chi connectivity index (χ0) is 21.2. The molecule has 1 unspecified atom stereocenters. The van der Waals surface area contributed by atoms with Gasteiger partial charge in [-0.15, -0.1) is 0 Å². The van der Waals surface area contributed by atoms with Crippen LogP contribution >= 0.6 is 0 Å². The second kappa shape index (κ2) is 8.10. The number of amides is 1. The van der Waals surface area contributed by atoms with Gasteiger partial charge in [-0.3, -0.25) is 14.6 Å². The first-order valence-electron chi connectivity index (χ1n) is 10.2. The van der Waals surface area contributed by atoms with Crippen LogP contribution in [0.15, 0.2) is 53.6 Å². The molecule has 5 rings (SSSR count). The van der Waals surface area contributed by atoms with Crippen LogP contribution < -0.4 is 0 Å². The van der Waals surface area contributed by atoms with Crippen LogP contribution in [0, 0.1) is 5.92 Å². The third-order valence-electron chi connectivity index (χ3n) is 5.56. The summed E-state index contributed by atoms with van der Waals surface area (Å²) in [7, 11) is 0. The molecule has 1 aliphatic rings. The van der Waals surface area contributed by atoms with Gasteiger partial charge in [0.15, 0.2) is 0 Å². The largest absolute Gasteiger partial charge is 0.360 e. The number of Topliss-reactive ketones (excluding diaryl/α,β-unsaturated/α-hetero) is 1. The lowest BCUT2D eigenvalue weighted by molar-refractivity contribution is -0.128. The maximum absolute atomic E-state index is 12.9. The first-order chi connectivity index (χ1) is 15.2. The predicted octanol–water partition coefficient (Wildman–Crippen LogP) is 2.67. The molecule has 1 saturated heterocycles. The normalized spacial score (nSPS) is 16.5. The molecule has 0 saturated carbocycles. The van der Waals surface area contributed by atoms with E-state index in [9.17, 15) is 9.59 Å². The number of H-pyrrole nitrogens is 1. The smallest absolute Gasteiger partial charge is 0.295 e. The molecule has 0 aliphatic carbocycles. The second-order valence-corrected chi connectivity index (χ2v) is 7.64. The molecule has 4 heterocycles. The number of piperidine rings is 1. The van der Waals surface area contributed by atoms with E-state index in [4.69, 9.17) is 4.52 Å². The van der Waals surface area contributed by atoms with E-state index in [1.807, 2.05) is 24.3 Å². The molecule has 3 aromatic heterocycles. The molecule has 0 radical (unpaired) electrons. The summed E-state index contributed by atoms with van der Waals surface area (Å²) in [5.74, 6) is 0.0638. The minimum Gasteiger partial charge on any atom is -0.360 e. The summed E-state index contributed by atoms with van der Waals surface area (Å²) in [4.78, 5) is 43.1. The summed E-state index contributed by atoms with van der Waals surface area (Å²) in [6.07, 6.45) is 8.62. The van der Waals surface area contributed by atoms with Gasteiger partial charge in [0.05, 0.1) is 11.8 Å². The third kappa shape index (κ3) is 3.81. The summed E-state index contributed by atoms with van der Waals surface area (Å²) in [6, 6.07) is 7.47. The fourth-order valence-corrected chi connectivity index (χ4v) is 4.04. The van der Waals surface area contributed by atoms with Gasteiger partial charge in [0, 0.05) is 49.0 Å². The highest BCUT2D eigenvalue weighted by atomic mass is 16.5. The van der Waals surface area contributed by atoms with Crippen LogP contribution in [0.5, 0.6) is 0 Å². The number of fused-ring (bicyclic) bond motifs is 1. The molecule has 156 valence electrons. The van der Waals surface area contributed by atoms with Gasteiger partial charge in [-0.25, -0.2) is 4.98 Å². The third-order valence-corrected chi connectivity index (χ3v) is 5.56. The van der Waals surface area contributed by atoms with Crippen LogP contribution in [0.2, 0.25) is 0 Å². The van der Waals surface area contributed by atoms with Crippen LogP contribution in [0.1, 0.15) is 29.1 Å². The molecule has 1 amide bonds. The molecule has 31 heavy (non-hydrogen) atoms. The summed E-state index contributed by atoms with van der Waals surface area (Å²) >= 11 is 0. The Balaban J connectivity index is 1.26. The summed E-state index contributed by atoms with van der Waals surface area (Å²) in [6.45, 7) is 1.05. The number of carbonyl (C=O) groups excluding carboxylic acids is 2. The number of ketones is 1. The Labute approximate surface area is 177 Å². The van der Waals surface area contributed by atoms with E-state index in [0.717, 1.165) is 23.7 Å². The number of nitrogens with one attached hydrogen (secondary N) is 1. The number of hydrogen-bond donors (Lipinski definition) is 1. The highest BCUT2D eigenvalue weighted by molar-refractivity contribution is 6.44. The Kier molecular flexibility index (Phi) is 4.99. The summed E-state index contributed by atoms with van der Waals surface area (Å²) in [5.41, 5.74) is 1.79. The predicted molar refractivity (Wildman–Crippen MR) is 111 cm³/mol. The van der Waals surface area contributed by atoms with E-state index in [2.05, 4.69) is 25.1 Å². The quantitative estimate of drug-likeness (QED) is 0.392. The van der Waals surface area contributed by atoms with Crippen molar-refractivity contribution in [2.45, 2.75) is 19.3 Å². The number of hydrogen-bond acceptors (Lipinski definition) is 7. The van der Waals surface area contributed by atoms with Crippen molar-refractivity contribution < 1.29 is 14.1 Å². The number of nitrogens with zero attached hydrogens (tertiary/aromatic N) is 5. The number of carbonyl (C=O) groups is 2. The lowest BCUT2D eigenvalue weighted by atomic mass is 9.94. The van der Waals surface area contributed by atoms with Crippen molar-refractivity contribution in [2.75, 3.05) is 13.1 Å². The van der Waals surface area contributed by atoms with E-state index in [1.54, 1.807) is 29.7 Å². The lowest BCUT2D eigenvalue weighted by Crippen LogP contribution is -2.43. The zero-order valence-corrected chi connectivity index (χ0v) is 16.7. The van der Waals surface area contributed by atoms with E-state index in [-0.39, 0.29) is 5.92 Å². The van der Waals surface area contributed by atoms with Gasteiger partial charge in [0.2, 0.25) is 11.7 Å². The molecular formula is C22H20N6O3. The van der Waals surface area contributed by atoms with Crippen molar-refractivity contribution in [2.24, 2.45) is 5.92 Å². The number of rotatable bonds is 5. The molecular weight excluding hydrogens is 396 g/mol. The van der Waals surface area contributed by atoms with Crippen molar-refractivity contribution in [1.29, 1.82) is 0 Å². The molecule has 9 nitrogen and oxygen atoms in total. The number of benzene rings is 1. The van der Waals surface area contributed by atoms with Crippen LogP contribution in [-0.4, -0.2) is 54.8 Å². The van der Waals surface area contributed by atoms with Crippen molar-refractivity contribution in [3.8, 4) is 11.5 Å². The highest BCUT2D eigenvalue weighted by Gasteiger charge is 2.30. The average Bonchev–Trinajstić information content (AvgIpc) is 3.46. The minimum atomic E-state index is -0.485. The van der Waals surface area contributed by atoms with Gasteiger partial charge in [-0.2, -0.15) is 4.98 Å². The minimum absolute atomic E-state index is 0.142. The van der Waals surface area contributed by atoms with Crippen molar-refractivity contribution in [3.05, 3.63) is 60.5 Å². The van der Waals surface area contributed by atoms with Crippen LogP contribution in [0.25, 0.3) is 22.4 Å². The summed E-state index contributed by atoms with van der Waals surface area (Å²) in [5, 5.41) is 4.73. The van der Waals surface area contributed by atoms with Crippen LogP contribution in [-0.2, 0) is 11.2 Å².